The first-order chi connectivity index (χ1) is 9.87. The Morgan fingerprint density at radius 2 is 1.57 bits per heavy atom. The Bertz CT molecular complexity index is 606. The number of rotatable bonds is 4. The Morgan fingerprint density at radius 3 is 2.10 bits per heavy atom. The lowest BCUT2D eigenvalue weighted by Crippen LogP contribution is -2.16. The summed E-state index contributed by atoms with van der Waals surface area (Å²) in [6.07, 6.45) is -4.05. The number of aryl methyl sites for hydroxylation is 1. The van der Waals surface area contributed by atoms with Crippen LogP contribution in [0.25, 0.3) is 0 Å². The molecule has 2 aromatic carbocycles. The molecule has 0 aliphatic rings. The summed E-state index contributed by atoms with van der Waals surface area (Å²) < 4.78 is 58.8. The second kappa shape index (κ2) is 6.03. The number of benzene rings is 2. The Kier molecular flexibility index (Phi) is 4.35. The SMILES string of the molecule is CCc1ccc(Oc2ccc(OC(F)(F)F)cc2)c(F)c1. The van der Waals surface area contributed by atoms with Gasteiger partial charge in [-0.25, -0.2) is 4.39 Å². The highest BCUT2D eigenvalue weighted by atomic mass is 19.4. The molecule has 0 heterocycles. The zero-order valence-corrected chi connectivity index (χ0v) is 11.1. The average molecular weight is 300 g/mol. The van der Waals surface area contributed by atoms with E-state index in [0.717, 1.165) is 17.7 Å². The molecule has 6 heteroatoms. The minimum Gasteiger partial charge on any atom is -0.454 e. The third kappa shape index (κ3) is 4.37. The summed E-state index contributed by atoms with van der Waals surface area (Å²) in [5.41, 5.74) is 0.828. The third-order valence-electron chi connectivity index (χ3n) is 2.69. The minimum absolute atomic E-state index is 0.0108. The molecule has 2 rings (SSSR count). The zero-order valence-electron chi connectivity index (χ0n) is 11.1. The van der Waals surface area contributed by atoms with E-state index in [1.165, 1.54) is 24.3 Å². The largest absolute Gasteiger partial charge is 0.573 e. The minimum atomic E-state index is -4.75. The lowest BCUT2D eigenvalue weighted by molar-refractivity contribution is -0.274. The molecule has 0 saturated carbocycles. The van der Waals surface area contributed by atoms with Crippen molar-refractivity contribution in [3.05, 3.63) is 53.8 Å². The molecule has 0 saturated heterocycles. The molecule has 0 aliphatic carbocycles. The maximum atomic E-state index is 13.7. The van der Waals surface area contributed by atoms with Crippen molar-refractivity contribution in [3.63, 3.8) is 0 Å². The molecule has 0 aliphatic heterocycles. The Labute approximate surface area is 118 Å². The van der Waals surface area contributed by atoms with E-state index in [4.69, 9.17) is 4.74 Å². The maximum Gasteiger partial charge on any atom is 0.573 e. The van der Waals surface area contributed by atoms with Gasteiger partial charge in [-0.1, -0.05) is 13.0 Å². The van der Waals surface area contributed by atoms with Crippen LogP contribution in [-0.4, -0.2) is 6.36 Å². The molecule has 0 unspecified atom stereocenters. The van der Waals surface area contributed by atoms with Crippen molar-refractivity contribution < 1.29 is 27.0 Å². The zero-order chi connectivity index (χ0) is 15.5. The van der Waals surface area contributed by atoms with Crippen LogP contribution in [0, 0.1) is 5.82 Å². The molecule has 0 radical (unpaired) electrons. The summed E-state index contributed by atoms with van der Waals surface area (Å²) in [6, 6.07) is 9.30. The number of hydrogen-bond acceptors (Lipinski definition) is 2. The van der Waals surface area contributed by atoms with Gasteiger partial charge in [-0.2, -0.15) is 0 Å². The van der Waals surface area contributed by atoms with Gasteiger partial charge in [0.2, 0.25) is 0 Å². The van der Waals surface area contributed by atoms with Gasteiger partial charge in [-0.05, 0) is 48.4 Å². The normalized spacial score (nSPS) is 11.3. The molecule has 0 N–H and O–H groups in total. The summed E-state index contributed by atoms with van der Waals surface area (Å²) in [5, 5.41) is 0. The summed E-state index contributed by atoms with van der Waals surface area (Å²) in [6.45, 7) is 1.90. The van der Waals surface area contributed by atoms with Gasteiger partial charge in [0, 0.05) is 0 Å². The summed E-state index contributed by atoms with van der Waals surface area (Å²) in [5.74, 6) is -0.661. The van der Waals surface area contributed by atoms with Crippen LogP contribution in [0.4, 0.5) is 17.6 Å². The first kappa shape index (κ1) is 15.2. The van der Waals surface area contributed by atoms with Crippen LogP contribution < -0.4 is 9.47 Å². The fourth-order valence-electron chi connectivity index (χ4n) is 1.68. The van der Waals surface area contributed by atoms with Gasteiger partial charge in [0.1, 0.15) is 11.5 Å². The molecule has 21 heavy (non-hydrogen) atoms. The highest BCUT2D eigenvalue weighted by Gasteiger charge is 2.30. The predicted molar refractivity (Wildman–Crippen MR) is 69.0 cm³/mol. The molecule has 0 spiro atoms. The van der Waals surface area contributed by atoms with Gasteiger partial charge < -0.3 is 9.47 Å². The molecule has 0 atom stereocenters. The number of hydrogen-bond donors (Lipinski definition) is 0. The van der Waals surface area contributed by atoms with Crippen molar-refractivity contribution in [3.8, 4) is 17.2 Å². The summed E-state index contributed by atoms with van der Waals surface area (Å²) in [4.78, 5) is 0. The van der Waals surface area contributed by atoms with Crippen LogP contribution in [0.1, 0.15) is 12.5 Å². The van der Waals surface area contributed by atoms with Crippen molar-refractivity contribution in [2.24, 2.45) is 0 Å². The molecule has 0 bridgehead atoms. The van der Waals surface area contributed by atoms with Gasteiger partial charge >= 0.3 is 6.36 Å². The highest BCUT2D eigenvalue weighted by Crippen LogP contribution is 2.28. The lowest BCUT2D eigenvalue weighted by atomic mass is 10.1. The summed E-state index contributed by atoms with van der Waals surface area (Å²) >= 11 is 0. The Hall–Kier alpha value is -2.24. The quantitative estimate of drug-likeness (QED) is 0.733. The molecule has 2 aromatic rings. The highest BCUT2D eigenvalue weighted by molar-refractivity contribution is 5.37. The van der Waals surface area contributed by atoms with E-state index in [9.17, 15) is 17.6 Å². The van der Waals surface area contributed by atoms with Gasteiger partial charge in [0.05, 0.1) is 0 Å². The van der Waals surface area contributed by atoms with Crippen molar-refractivity contribution in [1.29, 1.82) is 0 Å². The third-order valence-corrected chi connectivity index (χ3v) is 2.69. The maximum absolute atomic E-state index is 13.7. The van der Waals surface area contributed by atoms with Crippen LogP contribution in [0.2, 0.25) is 0 Å². The van der Waals surface area contributed by atoms with E-state index >= 15 is 0 Å². The number of halogens is 4. The standard InChI is InChI=1S/C15H12F4O2/c1-2-10-3-8-14(13(16)9-10)20-11-4-6-12(7-5-11)21-15(17,18)19/h3-9H,2H2,1H3. The van der Waals surface area contributed by atoms with Crippen LogP contribution >= 0.6 is 0 Å². The fraction of sp³-hybridized carbons (Fsp3) is 0.200. The number of ether oxygens (including phenoxy) is 2. The summed E-state index contributed by atoms with van der Waals surface area (Å²) in [7, 11) is 0. The van der Waals surface area contributed by atoms with E-state index in [0.29, 0.717) is 6.42 Å². The molecule has 0 fully saturated rings. The van der Waals surface area contributed by atoms with Crippen LogP contribution in [-0.2, 0) is 6.42 Å². The van der Waals surface area contributed by atoms with Gasteiger partial charge in [-0.3, -0.25) is 0 Å². The predicted octanol–water partition coefficient (Wildman–Crippen LogP) is 5.08. The monoisotopic (exact) mass is 300 g/mol. The topological polar surface area (TPSA) is 18.5 Å². The van der Waals surface area contributed by atoms with Crippen LogP contribution in [0.15, 0.2) is 42.5 Å². The van der Waals surface area contributed by atoms with Crippen LogP contribution in [0.3, 0.4) is 0 Å². The molecule has 112 valence electrons. The van der Waals surface area contributed by atoms with E-state index in [1.54, 1.807) is 6.07 Å². The molecule has 2 nitrogen and oxygen atoms in total. The Balaban J connectivity index is 2.10. The van der Waals surface area contributed by atoms with Crippen molar-refractivity contribution in [2.45, 2.75) is 19.7 Å². The van der Waals surface area contributed by atoms with Gasteiger partial charge in [0.15, 0.2) is 11.6 Å². The first-order valence-corrected chi connectivity index (χ1v) is 6.19. The molecule has 0 amide bonds. The average Bonchev–Trinajstić information content (AvgIpc) is 2.41. The van der Waals surface area contributed by atoms with E-state index < -0.39 is 12.2 Å². The molecular formula is C15H12F4O2. The molecule has 0 aromatic heterocycles. The van der Waals surface area contributed by atoms with E-state index in [-0.39, 0.29) is 17.2 Å². The smallest absolute Gasteiger partial charge is 0.454 e. The van der Waals surface area contributed by atoms with Crippen molar-refractivity contribution in [2.75, 3.05) is 0 Å². The van der Waals surface area contributed by atoms with E-state index in [2.05, 4.69) is 4.74 Å². The number of alkyl halides is 3. The Morgan fingerprint density at radius 1 is 0.952 bits per heavy atom. The lowest BCUT2D eigenvalue weighted by Gasteiger charge is -2.10. The van der Waals surface area contributed by atoms with Crippen LogP contribution in [0.5, 0.6) is 17.2 Å². The van der Waals surface area contributed by atoms with Gasteiger partial charge in [0.25, 0.3) is 0 Å². The second-order valence-corrected chi connectivity index (χ2v) is 4.24. The van der Waals surface area contributed by atoms with E-state index in [1.807, 2.05) is 6.92 Å². The second-order valence-electron chi connectivity index (χ2n) is 4.24. The van der Waals surface area contributed by atoms with Crippen molar-refractivity contribution >= 4 is 0 Å². The fourth-order valence-corrected chi connectivity index (χ4v) is 1.68. The van der Waals surface area contributed by atoms with Gasteiger partial charge in [-0.15, -0.1) is 13.2 Å². The molecular weight excluding hydrogens is 288 g/mol. The first-order valence-electron chi connectivity index (χ1n) is 6.19. The van der Waals surface area contributed by atoms with Crippen molar-refractivity contribution in [1.82, 2.24) is 0 Å².